The molecule has 4 nitrogen and oxygen atoms in total. The SMILES string of the molecule is COc1cc(OC)c(F)c(NC(=O)Cl)c1F. The maximum atomic E-state index is 13.5. The molecule has 0 aliphatic rings. The number of rotatable bonds is 3. The number of hydrogen-bond acceptors (Lipinski definition) is 3. The largest absolute Gasteiger partial charge is 0.493 e. The zero-order valence-corrected chi connectivity index (χ0v) is 9.19. The zero-order chi connectivity index (χ0) is 12.3. The predicted octanol–water partition coefficient (Wildman–Crippen LogP) is 2.75. The summed E-state index contributed by atoms with van der Waals surface area (Å²) in [5.41, 5.74) is -0.712. The van der Waals surface area contributed by atoms with Gasteiger partial charge in [-0.2, -0.15) is 0 Å². The molecule has 1 rings (SSSR count). The molecule has 7 heteroatoms. The lowest BCUT2D eigenvalue weighted by Gasteiger charge is -2.11. The van der Waals surface area contributed by atoms with Gasteiger partial charge < -0.3 is 14.8 Å². The molecule has 0 saturated heterocycles. The second-order valence-corrected chi connectivity index (χ2v) is 3.03. The van der Waals surface area contributed by atoms with E-state index in [-0.39, 0.29) is 11.5 Å². The maximum Gasteiger partial charge on any atom is 0.318 e. The smallest absolute Gasteiger partial charge is 0.318 e. The van der Waals surface area contributed by atoms with Crippen LogP contribution in [0, 0.1) is 11.6 Å². The van der Waals surface area contributed by atoms with Gasteiger partial charge in [0.25, 0.3) is 0 Å². The Balaban J connectivity index is 3.36. The van der Waals surface area contributed by atoms with Crippen molar-refractivity contribution in [1.82, 2.24) is 0 Å². The van der Waals surface area contributed by atoms with E-state index in [0.29, 0.717) is 0 Å². The molecule has 88 valence electrons. The lowest BCUT2D eigenvalue weighted by Crippen LogP contribution is -2.08. The van der Waals surface area contributed by atoms with E-state index in [4.69, 9.17) is 11.6 Å². The fourth-order valence-corrected chi connectivity index (χ4v) is 1.19. The summed E-state index contributed by atoms with van der Waals surface area (Å²) in [7, 11) is 2.39. The first kappa shape index (κ1) is 12.5. The number of halogens is 3. The molecule has 0 atom stereocenters. The van der Waals surface area contributed by atoms with Crippen molar-refractivity contribution in [3.63, 3.8) is 0 Å². The number of benzene rings is 1. The summed E-state index contributed by atoms with van der Waals surface area (Å²) in [6, 6.07) is 1.02. The number of amides is 1. The number of ether oxygens (including phenoxy) is 2. The van der Waals surface area contributed by atoms with Crippen LogP contribution < -0.4 is 14.8 Å². The normalized spacial score (nSPS) is 9.81. The lowest BCUT2D eigenvalue weighted by molar-refractivity contribution is 0.268. The lowest BCUT2D eigenvalue weighted by atomic mass is 10.2. The van der Waals surface area contributed by atoms with Crippen molar-refractivity contribution in [2.45, 2.75) is 0 Å². The molecule has 0 aliphatic heterocycles. The monoisotopic (exact) mass is 251 g/mol. The number of carbonyl (C=O) groups excluding carboxylic acids is 1. The number of nitrogens with one attached hydrogen (secondary N) is 1. The molecule has 0 fully saturated rings. The van der Waals surface area contributed by atoms with Crippen LogP contribution in [-0.2, 0) is 0 Å². The van der Waals surface area contributed by atoms with Gasteiger partial charge in [-0.3, -0.25) is 4.79 Å². The van der Waals surface area contributed by atoms with Crippen LogP contribution in [0.1, 0.15) is 0 Å². The van der Waals surface area contributed by atoms with Crippen molar-refractivity contribution in [3.8, 4) is 11.5 Å². The van der Waals surface area contributed by atoms with Crippen LogP contribution in [0.4, 0.5) is 19.3 Å². The van der Waals surface area contributed by atoms with Crippen LogP contribution in [-0.4, -0.2) is 19.6 Å². The van der Waals surface area contributed by atoms with Gasteiger partial charge in [0.15, 0.2) is 23.1 Å². The average molecular weight is 252 g/mol. The van der Waals surface area contributed by atoms with Crippen molar-refractivity contribution >= 4 is 22.7 Å². The Kier molecular flexibility index (Phi) is 3.89. The zero-order valence-electron chi connectivity index (χ0n) is 8.44. The van der Waals surface area contributed by atoms with E-state index >= 15 is 0 Å². The Bertz CT molecular complexity index is 397. The highest BCUT2D eigenvalue weighted by Gasteiger charge is 2.21. The molecular formula is C9H8ClF2NO3. The second kappa shape index (κ2) is 4.98. The van der Waals surface area contributed by atoms with E-state index < -0.39 is 22.7 Å². The summed E-state index contributed by atoms with van der Waals surface area (Å²) in [6.07, 6.45) is 0. The third kappa shape index (κ3) is 2.33. The van der Waals surface area contributed by atoms with Crippen LogP contribution in [0.2, 0.25) is 0 Å². The maximum absolute atomic E-state index is 13.5. The molecule has 0 aliphatic carbocycles. The van der Waals surface area contributed by atoms with Gasteiger partial charge in [-0.25, -0.2) is 8.78 Å². The van der Waals surface area contributed by atoms with Gasteiger partial charge in [-0.05, 0) is 11.6 Å². The minimum Gasteiger partial charge on any atom is -0.493 e. The van der Waals surface area contributed by atoms with Crippen molar-refractivity contribution in [1.29, 1.82) is 0 Å². The predicted molar refractivity (Wildman–Crippen MR) is 54.3 cm³/mol. The van der Waals surface area contributed by atoms with E-state index in [1.807, 2.05) is 5.32 Å². The van der Waals surface area contributed by atoms with Crippen molar-refractivity contribution in [2.24, 2.45) is 0 Å². The first-order valence-corrected chi connectivity index (χ1v) is 4.45. The number of hydrogen-bond donors (Lipinski definition) is 1. The molecule has 16 heavy (non-hydrogen) atoms. The second-order valence-electron chi connectivity index (χ2n) is 2.68. The fraction of sp³-hybridized carbons (Fsp3) is 0.222. The summed E-state index contributed by atoms with van der Waals surface area (Å²) in [6.45, 7) is 0. The summed E-state index contributed by atoms with van der Waals surface area (Å²) in [4.78, 5) is 10.6. The van der Waals surface area contributed by atoms with E-state index in [1.165, 1.54) is 14.2 Å². The molecule has 0 radical (unpaired) electrons. The Morgan fingerprint density at radius 2 is 1.69 bits per heavy atom. The van der Waals surface area contributed by atoms with Crippen molar-refractivity contribution in [3.05, 3.63) is 17.7 Å². The minimum atomic E-state index is -1.12. The Morgan fingerprint density at radius 3 is 2.00 bits per heavy atom. The number of carbonyl (C=O) groups is 1. The Hall–Kier alpha value is -1.56. The molecule has 1 aromatic carbocycles. The van der Waals surface area contributed by atoms with Crippen molar-refractivity contribution < 1.29 is 23.0 Å². The highest BCUT2D eigenvalue weighted by atomic mass is 35.5. The summed E-state index contributed by atoms with van der Waals surface area (Å²) in [5.74, 6) is -2.65. The Labute approximate surface area is 95.1 Å². The summed E-state index contributed by atoms with van der Waals surface area (Å²) >= 11 is 4.98. The number of methoxy groups -OCH3 is 2. The highest BCUT2D eigenvalue weighted by Crippen LogP contribution is 2.34. The standard InChI is InChI=1S/C9H8ClF2NO3/c1-15-4-3-5(16-2)7(12)8(6(4)11)13-9(10)14/h3H,1-2H3,(H,13,14). The molecule has 0 heterocycles. The number of anilines is 1. The summed E-state index contributed by atoms with van der Waals surface area (Å²) < 4.78 is 36.3. The molecule has 1 aromatic rings. The van der Waals surface area contributed by atoms with Crippen molar-refractivity contribution in [2.75, 3.05) is 19.5 Å². The van der Waals surface area contributed by atoms with E-state index in [1.54, 1.807) is 0 Å². The third-order valence-corrected chi connectivity index (χ3v) is 1.89. The fourth-order valence-electron chi connectivity index (χ4n) is 1.09. The molecule has 1 amide bonds. The first-order chi connectivity index (χ1) is 7.51. The van der Waals surface area contributed by atoms with Gasteiger partial charge in [0.1, 0.15) is 5.69 Å². The average Bonchev–Trinajstić information content (AvgIpc) is 2.24. The molecular weight excluding hydrogens is 244 g/mol. The van der Waals surface area contributed by atoms with Crippen LogP contribution in [0.3, 0.4) is 0 Å². The van der Waals surface area contributed by atoms with E-state index in [9.17, 15) is 13.6 Å². The van der Waals surface area contributed by atoms with Gasteiger partial charge in [0.2, 0.25) is 0 Å². The highest BCUT2D eigenvalue weighted by molar-refractivity contribution is 6.65. The van der Waals surface area contributed by atoms with Gasteiger partial charge in [-0.1, -0.05) is 0 Å². The molecule has 0 saturated carbocycles. The van der Waals surface area contributed by atoms with Crippen LogP contribution in [0.25, 0.3) is 0 Å². The Morgan fingerprint density at radius 1 is 1.25 bits per heavy atom. The minimum absolute atomic E-state index is 0.265. The molecule has 0 spiro atoms. The third-order valence-electron chi connectivity index (χ3n) is 1.80. The molecule has 0 bridgehead atoms. The van der Waals surface area contributed by atoms with Crippen LogP contribution in [0.5, 0.6) is 11.5 Å². The molecule has 1 N–H and O–H groups in total. The summed E-state index contributed by atoms with van der Waals surface area (Å²) in [5, 5.41) is 0.690. The van der Waals surface area contributed by atoms with Gasteiger partial charge in [-0.15, -0.1) is 0 Å². The quantitative estimate of drug-likeness (QED) is 0.664. The van der Waals surface area contributed by atoms with Gasteiger partial charge >= 0.3 is 5.37 Å². The topological polar surface area (TPSA) is 47.6 Å². The van der Waals surface area contributed by atoms with Gasteiger partial charge in [0.05, 0.1) is 14.2 Å². The van der Waals surface area contributed by atoms with Gasteiger partial charge in [0, 0.05) is 6.07 Å². The molecule has 0 aromatic heterocycles. The van der Waals surface area contributed by atoms with Crippen LogP contribution in [0.15, 0.2) is 6.07 Å². The van der Waals surface area contributed by atoms with E-state index in [0.717, 1.165) is 6.07 Å². The first-order valence-electron chi connectivity index (χ1n) is 4.07. The molecule has 0 unspecified atom stereocenters. The van der Waals surface area contributed by atoms with E-state index in [2.05, 4.69) is 9.47 Å². The van der Waals surface area contributed by atoms with Crippen LogP contribution >= 0.6 is 11.6 Å².